The molecule has 0 unspecified atom stereocenters. The molecule has 1 aliphatic rings. The maximum Gasteiger partial charge on any atom is 0.155 e. The van der Waals surface area contributed by atoms with E-state index in [1.165, 1.54) is 6.33 Å². The predicted molar refractivity (Wildman–Crippen MR) is 49.5 cm³/mol. The van der Waals surface area contributed by atoms with Crippen molar-refractivity contribution in [3.05, 3.63) is 12.5 Å². The second-order valence-corrected chi connectivity index (χ2v) is 2.90. The SMILES string of the molecule is Nc1cncnc1N1CCOCC1. The van der Waals surface area contributed by atoms with Crippen LogP contribution in [0, 0.1) is 0 Å². The van der Waals surface area contributed by atoms with Crippen molar-refractivity contribution in [2.24, 2.45) is 0 Å². The van der Waals surface area contributed by atoms with Crippen molar-refractivity contribution in [3.63, 3.8) is 0 Å². The molecule has 0 atom stereocenters. The molecule has 70 valence electrons. The number of nitrogen functional groups attached to an aromatic ring is 1. The van der Waals surface area contributed by atoms with Gasteiger partial charge < -0.3 is 15.4 Å². The van der Waals surface area contributed by atoms with E-state index in [2.05, 4.69) is 14.9 Å². The Morgan fingerprint density at radius 1 is 1.38 bits per heavy atom. The van der Waals surface area contributed by atoms with E-state index in [0.717, 1.165) is 32.1 Å². The Morgan fingerprint density at radius 3 is 2.85 bits per heavy atom. The molecule has 1 aromatic rings. The maximum absolute atomic E-state index is 5.74. The highest BCUT2D eigenvalue weighted by molar-refractivity contribution is 5.60. The van der Waals surface area contributed by atoms with Crippen LogP contribution in [-0.4, -0.2) is 36.3 Å². The molecule has 0 spiro atoms. The fraction of sp³-hybridized carbons (Fsp3) is 0.500. The minimum atomic E-state index is 0.629. The molecule has 1 saturated heterocycles. The van der Waals surface area contributed by atoms with E-state index in [1.807, 2.05) is 0 Å². The molecule has 2 rings (SSSR count). The number of hydrogen-bond donors (Lipinski definition) is 1. The van der Waals surface area contributed by atoms with Gasteiger partial charge in [-0.05, 0) is 0 Å². The average Bonchev–Trinajstić information content (AvgIpc) is 2.20. The molecule has 0 aliphatic carbocycles. The first-order valence-corrected chi connectivity index (χ1v) is 4.26. The Bertz CT molecular complexity index is 285. The monoisotopic (exact) mass is 180 g/mol. The van der Waals surface area contributed by atoms with Crippen molar-refractivity contribution in [1.29, 1.82) is 0 Å². The van der Waals surface area contributed by atoms with E-state index in [9.17, 15) is 0 Å². The third-order valence-electron chi connectivity index (χ3n) is 2.03. The number of morpholine rings is 1. The molecule has 0 radical (unpaired) electrons. The summed E-state index contributed by atoms with van der Waals surface area (Å²) in [4.78, 5) is 10.1. The van der Waals surface area contributed by atoms with Crippen molar-refractivity contribution in [3.8, 4) is 0 Å². The van der Waals surface area contributed by atoms with Crippen molar-refractivity contribution >= 4 is 11.5 Å². The van der Waals surface area contributed by atoms with Crippen LogP contribution in [0.25, 0.3) is 0 Å². The Labute approximate surface area is 76.5 Å². The normalized spacial score (nSPS) is 17.4. The smallest absolute Gasteiger partial charge is 0.155 e. The maximum atomic E-state index is 5.74. The lowest BCUT2D eigenvalue weighted by atomic mass is 10.4. The second-order valence-electron chi connectivity index (χ2n) is 2.90. The molecule has 2 N–H and O–H groups in total. The molecule has 5 heteroatoms. The van der Waals surface area contributed by atoms with Crippen LogP contribution in [0.15, 0.2) is 12.5 Å². The summed E-state index contributed by atoms with van der Waals surface area (Å²) in [6.07, 6.45) is 3.14. The number of aromatic nitrogens is 2. The van der Waals surface area contributed by atoms with Gasteiger partial charge in [-0.2, -0.15) is 0 Å². The van der Waals surface area contributed by atoms with E-state index in [1.54, 1.807) is 6.20 Å². The molecule has 13 heavy (non-hydrogen) atoms. The molecule has 1 aliphatic heterocycles. The van der Waals surface area contributed by atoms with E-state index in [4.69, 9.17) is 10.5 Å². The summed E-state index contributed by atoms with van der Waals surface area (Å²) < 4.78 is 5.24. The fourth-order valence-electron chi connectivity index (χ4n) is 1.37. The Balaban J connectivity index is 2.18. The van der Waals surface area contributed by atoms with Crippen LogP contribution in [0.5, 0.6) is 0 Å². The van der Waals surface area contributed by atoms with Gasteiger partial charge in [0, 0.05) is 13.1 Å². The molecular weight excluding hydrogens is 168 g/mol. The lowest BCUT2D eigenvalue weighted by Gasteiger charge is -2.28. The number of nitrogens with zero attached hydrogens (tertiary/aromatic N) is 3. The van der Waals surface area contributed by atoms with Gasteiger partial charge >= 0.3 is 0 Å². The van der Waals surface area contributed by atoms with Gasteiger partial charge in [0.15, 0.2) is 5.82 Å². The highest BCUT2D eigenvalue weighted by Gasteiger charge is 2.14. The molecule has 0 saturated carbocycles. The third kappa shape index (κ3) is 1.70. The van der Waals surface area contributed by atoms with Crippen LogP contribution in [0.4, 0.5) is 11.5 Å². The van der Waals surface area contributed by atoms with Crippen molar-refractivity contribution in [2.45, 2.75) is 0 Å². The summed E-state index contributed by atoms with van der Waals surface area (Å²) in [5, 5.41) is 0. The predicted octanol–water partition coefficient (Wildman–Crippen LogP) is -0.105. The topological polar surface area (TPSA) is 64.3 Å². The van der Waals surface area contributed by atoms with Gasteiger partial charge in [-0.15, -0.1) is 0 Å². The summed E-state index contributed by atoms with van der Waals surface area (Å²) in [6, 6.07) is 0. The van der Waals surface area contributed by atoms with Gasteiger partial charge in [-0.1, -0.05) is 0 Å². The van der Waals surface area contributed by atoms with Gasteiger partial charge in [0.25, 0.3) is 0 Å². The minimum absolute atomic E-state index is 0.629. The average molecular weight is 180 g/mol. The van der Waals surface area contributed by atoms with Crippen LogP contribution in [-0.2, 0) is 4.74 Å². The largest absolute Gasteiger partial charge is 0.394 e. The first-order valence-electron chi connectivity index (χ1n) is 4.26. The zero-order chi connectivity index (χ0) is 9.10. The highest BCUT2D eigenvalue weighted by atomic mass is 16.5. The number of ether oxygens (including phenoxy) is 1. The molecule has 0 amide bonds. The van der Waals surface area contributed by atoms with Crippen molar-refractivity contribution < 1.29 is 4.74 Å². The Hall–Kier alpha value is -1.36. The van der Waals surface area contributed by atoms with Gasteiger partial charge in [0.2, 0.25) is 0 Å². The summed E-state index contributed by atoms with van der Waals surface area (Å²) >= 11 is 0. The van der Waals surface area contributed by atoms with Crippen LogP contribution in [0.2, 0.25) is 0 Å². The number of hydrogen-bond acceptors (Lipinski definition) is 5. The standard InChI is InChI=1S/C8H12N4O/c9-7-5-10-6-11-8(7)12-1-3-13-4-2-12/h5-6H,1-4,9H2. The molecule has 0 aromatic carbocycles. The van der Waals surface area contributed by atoms with Crippen LogP contribution >= 0.6 is 0 Å². The molecule has 1 fully saturated rings. The summed E-state index contributed by atoms with van der Waals surface area (Å²) in [7, 11) is 0. The van der Waals surface area contributed by atoms with Gasteiger partial charge in [0.05, 0.1) is 25.1 Å². The van der Waals surface area contributed by atoms with Crippen LogP contribution < -0.4 is 10.6 Å². The highest BCUT2D eigenvalue weighted by Crippen LogP contribution is 2.18. The summed E-state index contributed by atoms with van der Waals surface area (Å²) in [6.45, 7) is 3.18. The Morgan fingerprint density at radius 2 is 2.15 bits per heavy atom. The minimum Gasteiger partial charge on any atom is -0.394 e. The van der Waals surface area contributed by atoms with E-state index in [-0.39, 0.29) is 0 Å². The zero-order valence-corrected chi connectivity index (χ0v) is 7.31. The van der Waals surface area contributed by atoms with E-state index >= 15 is 0 Å². The van der Waals surface area contributed by atoms with Crippen molar-refractivity contribution in [1.82, 2.24) is 9.97 Å². The summed E-state index contributed by atoms with van der Waals surface area (Å²) in [5.74, 6) is 0.818. The fourth-order valence-corrected chi connectivity index (χ4v) is 1.37. The zero-order valence-electron chi connectivity index (χ0n) is 7.31. The van der Waals surface area contributed by atoms with Crippen LogP contribution in [0.3, 0.4) is 0 Å². The van der Waals surface area contributed by atoms with Gasteiger partial charge in [-0.25, -0.2) is 9.97 Å². The first kappa shape index (κ1) is 8.25. The molecule has 2 heterocycles. The van der Waals surface area contributed by atoms with E-state index in [0.29, 0.717) is 5.69 Å². The number of nitrogens with two attached hydrogens (primary N) is 1. The lowest BCUT2D eigenvalue weighted by Crippen LogP contribution is -2.37. The third-order valence-corrected chi connectivity index (χ3v) is 2.03. The summed E-state index contributed by atoms with van der Waals surface area (Å²) in [5.41, 5.74) is 6.37. The quantitative estimate of drug-likeness (QED) is 0.653. The second kappa shape index (κ2) is 3.57. The van der Waals surface area contributed by atoms with Gasteiger partial charge in [-0.3, -0.25) is 0 Å². The van der Waals surface area contributed by atoms with Gasteiger partial charge in [0.1, 0.15) is 6.33 Å². The lowest BCUT2D eigenvalue weighted by molar-refractivity contribution is 0.122. The van der Waals surface area contributed by atoms with E-state index < -0.39 is 0 Å². The Kier molecular flexibility index (Phi) is 2.27. The molecular formula is C8H12N4O. The van der Waals surface area contributed by atoms with Crippen LogP contribution in [0.1, 0.15) is 0 Å². The number of anilines is 2. The molecule has 1 aromatic heterocycles. The molecule has 5 nitrogen and oxygen atoms in total. The van der Waals surface area contributed by atoms with Crippen molar-refractivity contribution in [2.75, 3.05) is 36.9 Å². The number of rotatable bonds is 1. The first-order chi connectivity index (χ1) is 6.38. The molecule has 0 bridgehead atoms.